The lowest BCUT2D eigenvalue weighted by molar-refractivity contribution is 0.316. The van der Waals surface area contributed by atoms with Gasteiger partial charge in [0.25, 0.3) is 0 Å². The van der Waals surface area contributed by atoms with Crippen LogP contribution in [0.3, 0.4) is 0 Å². The third-order valence-corrected chi connectivity index (χ3v) is 3.32. The average Bonchev–Trinajstić information content (AvgIpc) is 2.64. The standard InChI is InChI=1S/C13H19N/c1-3-11-7-4-5-8-12(11)13-9-6-10-14(13)2/h4-5,7-8,13H,3,6,9-10H2,1-2H3. The lowest BCUT2D eigenvalue weighted by Gasteiger charge is -2.22. The summed E-state index contributed by atoms with van der Waals surface area (Å²) in [5.41, 5.74) is 3.07. The Balaban J connectivity index is 2.30. The van der Waals surface area contributed by atoms with Gasteiger partial charge < -0.3 is 0 Å². The molecule has 0 saturated carbocycles. The summed E-state index contributed by atoms with van der Waals surface area (Å²) >= 11 is 0. The molecule has 2 rings (SSSR count). The second-order valence-electron chi connectivity index (χ2n) is 4.19. The number of benzene rings is 1. The van der Waals surface area contributed by atoms with E-state index in [0.29, 0.717) is 6.04 Å². The van der Waals surface area contributed by atoms with Gasteiger partial charge in [-0.05, 0) is 44.0 Å². The Bertz CT molecular complexity index is 306. The Morgan fingerprint density at radius 2 is 2.14 bits per heavy atom. The molecule has 1 aromatic carbocycles. The molecule has 0 amide bonds. The van der Waals surface area contributed by atoms with Gasteiger partial charge in [-0.15, -0.1) is 0 Å². The van der Waals surface area contributed by atoms with Crippen LogP contribution < -0.4 is 0 Å². The average molecular weight is 189 g/mol. The molecule has 1 aliphatic heterocycles. The number of rotatable bonds is 2. The van der Waals surface area contributed by atoms with Gasteiger partial charge in [0, 0.05) is 6.04 Å². The first-order valence-electron chi connectivity index (χ1n) is 5.61. The minimum absolute atomic E-state index is 0.672. The molecule has 1 atom stereocenters. The zero-order chi connectivity index (χ0) is 9.97. The molecular weight excluding hydrogens is 170 g/mol. The van der Waals surface area contributed by atoms with E-state index in [1.165, 1.54) is 24.9 Å². The normalized spacial score (nSPS) is 22.9. The summed E-state index contributed by atoms with van der Waals surface area (Å²) in [6, 6.07) is 9.55. The van der Waals surface area contributed by atoms with Gasteiger partial charge >= 0.3 is 0 Å². The maximum atomic E-state index is 2.48. The molecule has 0 bridgehead atoms. The van der Waals surface area contributed by atoms with Crippen LogP contribution in [0.15, 0.2) is 24.3 Å². The molecule has 1 heterocycles. The Kier molecular flexibility index (Phi) is 2.87. The number of nitrogens with zero attached hydrogens (tertiary/aromatic N) is 1. The highest BCUT2D eigenvalue weighted by molar-refractivity contribution is 5.30. The zero-order valence-corrected chi connectivity index (χ0v) is 9.16. The Morgan fingerprint density at radius 1 is 1.36 bits per heavy atom. The van der Waals surface area contributed by atoms with Crippen molar-refractivity contribution in [2.24, 2.45) is 0 Å². The van der Waals surface area contributed by atoms with Crippen molar-refractivity contribution in [1.82, 2.24) is 4.90 Å². The Morgan fingerprint density at radius 3 is 2.79 bits per heavy atom. The van der Waals surface area contributed by atoms with E-state index < -0.39 is 0 Å². The first-order valence-corrected chi connectivity index (χ1v) is 5.61. The lowest BCUT2D eigenvalue weighted by Crippen LogP contribution is -2.18. The molecule has 0 aliphatic carbocycles. The van der Waals surface area contributed by atoms with Crippen LogP contribution in [0.4, 0.5) is 0 Å². The molecule has 0 spiro atoms. The maximum Gasteiger partial charge on any atom is 0.0348 e. The van der Waals surface area contributed by atoms with Crippen molar-refractivity contribution in [2.75, 3.05) is 13.6 Å². The molecule has 1 heteroatoms. The summed E-state index contributed by atoms with van der Waals surface area (Å²) < 4.78 is 0. The minimum Gasteiger partial charge on any atom is -0.299 e. The van der Waals surface area contributed by atoms with Crippen LogP contribution in [-0.4, -0.2) is 18.5 Å². The minimum atomic E-state index is 0.672. The third-order valence-electron chi connectivity index (χ3n) is 3.32. The number of hydrogen-bond donors (Lipinski definition) is 0. The summed E-state index contributed by atoms with van der Waals surface area (Å²) in [5.74, 6) is 0. The monoisotopic (exact) mass is 189 g/mol. The van der Waals surface area contributed by atoms with E-state index in [-0.39, 0.29) is 0 Å². The van der Waals surface area contributed by atoms with Gasteiger partial charge in [-0.3, -0.25) is 4.90 Å². The van der Waals surface area contributed by atoms with E-state index in [4.69, 9.17) is 0 Å². The Hall–Kier alpha value is -0.820. The highest BCUT2D eigenvalue weighted by Gasteiger charge is 2.23. The first kappa shape index (κ1) is 9.72. The largest absolute Gasteiger partial charge is 0.299 e. The van der Waals surface area contributed by atoms with Gasteiger partial charge in [0.2, 0.25) is 0 Å². The highest BCUT2D eigenvalue weighted by Crippen LogP contribution is 2.32. The quantitative estimate of drug-likeness (QED) is 0.691. The number of aryl methyl sites for hydroxylation is 1. The summed E-state index contributed by atoms with van der Waals surface area (Å²) in [6.07, 6.45) is 3.83. The fraction of sp³-hybridized carbons (Fsp3) is 0.538. The van der Waals surface area contributed by atoms with Crippen LogP contribution in [0, 0.1) is 0 Å². The molecule has 76 valence electrons. The summed E-state index contributed by atoms with van der Waals surface area (Å²) in [4.78, 5) is 2.48. The van der Waals surface area contributed by atoms with Crippen LogP contribution in [0.2, 0.25) is 0 Å². The molecule has 0 aromatic heterocycles. The van der Waals surface area contributed by atoms with Crippen molar-refractivity contribution < 1.29 is 0 Å². The third kappa shape index (κ3) is 1.69. The van der Waals surface area contributed by atoms with E-state index in [1.807, 2.05) is 0 Å². The SMILES string of the molecule is CCc1ccccc1C1CCCN1C. The summed E-state index contributed by atoms with van der Waals surface area (Å²) in [5, 5.41) is 0. The van der Waals surface area contributed by atoms with Gasteiger partial charge in [0.1, 0.15) is 0 Å². The van der Waals surface area contributed by atoms with E-state index in [2.05, 4.69) is 43.1 Å². The summed E-state index contributed by atoms with van der Waals surface area (Å²) in [7, 11) is 2.24. The van der Waals surface area contributed by atoms with Crippen molar-refractivity contribution in [3.05, 3.63) is 35.4 Å². The van der Waals surface area contributed by atoms with Crippen molar-refractivity contribution in [3.63, 3.8) is 0 Å². The molecule has 14 heavy (non-hydrogen) atoms. The van der Waals surface area contributed by atoms with Crippen LogP contribution in [0.1, 0.15) is 36.9 Å². The van der Waals surface area contributed by atoms with E-state index in [0.717, 1.165) is 6.42 Å². The van der Waals surface area contributed by atoms with Gasteiger partial charge in [-0.2, -0.15) is 0 Å². The fourth-order valence-corrected chi connectivity index (χ4v) is 2.48. The Labute approximate surface area is 86.7 Å². The molecule has 1 fully saturated rings. The van der Waals surface area contributed by atoms with Crippen molar-refractivity contribution in [2.45, 2.75) is 32.2 Å². The molecule has 0 N–H and O–H groups in total. The smallest absolute Gasteiger partial charge is 0.0348 e. The van der Waals surface area contributed by atoms with Gasteiger partial charge in [0.05, 0.1) is 0 Å². The van der Waals surface area contributed by atoms with E-state index >= 15 is 0 Å². The fourth-order valence-electron chi connectivity index (χ4n) is 2.48. The second kappa shape index (κ2) is 4.14. The molecule has 1 saturated heterocycles. The highest BCUT2D eigenvalue weighted by atomic mass is 15.1. The predicted octanol–water partition coefficient (Wildman–Crippen LogP) is 3.02. The molecule has 1 aliphatic rings. The van der Waals surface area contributed by atoms with Gasteiger partial charge in [-0.1, -0.05) is 31.2 Å². The van der Waals surface area contributed by atoms with Crippen LogP contribution >= 0.6 is 0 Å². The van der Waals surface area contributed by atoms with Crippen molar-refractivity contribution in [1.29, 1.82) is 0 Å². The maximum absolute atomic E-state index is 2.48. The molecule has 1 nitrogen and oxygen atoms in total. The van der Waals surface area contributed by atoms with Gasteiger partial charge in [0.15, 0.2) is 0 Å². The van der Waals surface area contributed by atoms with Crippen LogP contribution in [0.5, 0.6) is 0 Å². The van der Waals surface area contributed by atoms with Crippen molar-refractivity contribution in [3.8, 4) is 0 Å². The molecule has 1 aromatic rings. The number of likely N-dealkylation sites (tertiary alicyclic amines) is 1. The first-order chi connectivity index (χ1) is 6.83. The molecule has 0 radical (unpaired) electrons. The molecular formula is C13H19N. The van der Waals surface area contributed by atoms with Gasteiger partial charge in [-0.25, -0.2) is 0 Å². The number of hydrogen-bond acceptors (Lipinski definition) is 1. The van der Waals surface area contributed by atoms with Crippen molar-refractivity contribution >= 4 is 0 Å². The topological polar surface area (TPSA) is 3.24 Å². The van der Waals surface area contributed by atoms with E-state index in [9.17, 15) is 0 Å². The van der Waals surface area contributed by atoms with E-state index in [1.54, 1.807) is 5.56 Å². The summed E-state index contributed by atoms with van der Waals surface area (Å²) in [6.45, 7) is 3.50. The second-order valence-corrected chi connectivity index (χ2v) is 4.19. The van der Waals surface area contributed by atoms with Crippen LogP contribution in [0.25, 0.3) is 0 Å². The molecule has 1 unspecified atom stereocenters. The zero-order valence-electron chi connectivity index (χ0n) is 9.16. The van der Waals surface area contributed by atoms with Crippen LogP contribution in [-0.2, 0) is 6.42 Å². The lowest BCUT2D eigenvalue weighted by atomic mass is 9.97. The predicted molar refractivity (Wildman–Crippen MR) is 60.4 cm³/mol.